The minimum atomic E-state index is -3.55. The molecule has 2 aromatic rings. The Morgan fingerprint density at radius 1 is 1.35 bits per heavy atom. The van der Waals surface area contributed by atoms with Gasteiger partial charge in [0.15, 0.2) is 0 Å². The van der Waals surface area contributed by atoms with Gasteiger partial charge in [-0.3, -0.25) is 0 Å². The van der Waals surface area contributed by atoms with Crippen LogP contribution < -0.4 is 9.46 Å². The molecule has 0 amide bonds. The van der Waals surface area contributed by atoms with Gasteiger partial charge in [0.2, 0.25) is 10.0 Å². The van der Waals surface area contributed by atoms with Gasteiger partial charge in [0.05, 0.1) is 15.9 Å². The van der Waals surface area contributed by atoms with Crippen LogP contribution in [0.15, 0.2) is 38.3 Å². The molecular weight excluding hydrogens is 386 g/mol. The van der Waals surface area contributed by atoms with Crippen LogP contribution in [0.3, 0.4) is 0 Å². The molecule has 0 saturated carbocycles. The normalized spacial score (nSPS) is 11.6. The van der Waals surface area contributed by atoms with Crippen LogP contribution in [0.5, 0.6) is 5.75 Å². The standard InChI is InChI=1S/C12H11BrClNO3S2/c1-18-9-4-2-8(3-5-9)7-15-20(16,17)11-6-10(14)12(13)19-11/h2-6,15H,7H2,1H3. The van der Waals surface area contributed by atoms with Crippen LogP contribution >= 0.6 is 38.9 Å². The van der Waals surface area contributed by atoms with E-state index in [0.717, 1.165) is 22.6 Å². The molecule has 1 N–H and O–H groups in total. The van der Waals surface area contributed by atoms with E-state index in [9.17, 15) is 8.42 Å². The molecule has 0 saturated heterocycles. The highest BCUT2D eigenvalue weighted by molar-refractivity contribution is 9.11. The van der Waals surface area contributed by atoms with Crippen molar-refractivity contribution < 1.29 is 13.2 Å². The van der Waals surface area contributed by atoms with E-state index in [2.05, 4.69) is 20.7 Å². The lowest BCUT2D eigenvalue weighted by Crippen LogP contribution is -2.22. The maximum atomic E-state index is 12.1. The maximum Gasteiger partial charge on any atom is 0.250 e. The molecule has 0 aliphatic rings. The quantitative estimate of drug-likeness (QED) is 0.839. The Morgan fingerprint density at radius 2 is 2.00 bits per heavy atom. The molecule has 0 fully saturated rings. The maximum absolute atomic E-state index is 12.1. The van der Waals surface area contributed by atoms with Crippen LogP contribution in [0.2, 0.25) is 5.02 Å². The van der Waals surface area contributed by atoms with Crippen molar-refractivity contribution >= 4 is 48.9 Å². The second kappa shape index (κ2) is 6.44. The lowest BCUT2D eigenvalue weighted by molar-refractivity contribution is 0.414. The number of nitrogens with one attached hydrogen (secondary N) is 1. The van der Waals surface area contributed by atoms with Gasteiger partial charge in [-0.2, -0.15) is 0 Å². The van der Waals surface area contributed by atoms with Gasteiger partial charge in [0.25, 0.3) is 0 Å². The van der Waals surface area contributed by atoms with Gasteiger partial charge in [-0.05, 0) is 39.7 Å². The third kappa shape index (κ3) is 3.73. The Hall–Kier alpha value is -0.600. The molecule has 8 heteroatoms. The Bertz CT molecular complexity index is 678. The largest absolute Gasteiger partial charge is 0.497 e. The number of methoxy groups -OCH3 is 1. The topological polar surface area (TPSA) is 55.4 Å². The number of hydrogen-bond acceptors (Lipinski definition) is 4. The van der Waals surface area contributed by atoms with E-state index in [-0.39, 0.29) is 10.8 Å². The molecule has 0 aliphatic heterocycles. The number of halogens is 2. The Labute approximate surface area is 134 Å². The minimum Gasteiger partial charge on any atom is -0.497 e. The summed E-state index contributed by atoms with van der Waals surface area (Å²) in [5.74, 6) is 0.727. The highest BCUT2D eigenvalue weighted by Crippen LogP contribution is 2.34. The zero-order valence-electron chi connectivity index (χ0n) is 10.4. The first-order valence-electron chi connectivity index (χ1n) is 5.50. The van der Waals surface area contributed by atoms with E-state index in [1.807, 2.05) is 0 Å². The number of thiophene rings is 1. The minimum absolute atomic E-state index is 0.183. The molecule has 1 aromatic heterocycles. The van der Waals surface area contributed by atoms with Gasteiger partial charge in [-0.25, -0.2) is 13.1 Å². The van der Waals surface area contributed by atoms with E-state index >= 15 is 0 Å². The van der Waals surface area contributed by atoms with Gasteiger partial charge in [0.1, 0.15) is 9.96 Å². The van der Waals surface area contributed by atoms with Gasteiger partial charge in [-0.15, -0.1) is 11.3 Å². The third-order valence-corrected chi connectivity index (χ3v) is 6.86. The zero-order chi connectivity index (χ0) is 14.8. The zero-order valence-corrected chi connectivity index (χ0v) is 14.4. The fourth-order valence-corrected chi connectivity index (χ4v) is 4.91. The second-order valence-corrected chi connectivity index (χ2v) is 8.63. The summed E-state index contributed by atoms with van der Waals surface area (Å²) in [4.78, 5) is 0. The van der Waals surface area contributed by atoms with Crippen LogP contribution in [-0.2, 0) is 16.6 Å². The average Bonchev–Trinajstić information content (AvgIpc) is 2.78. The highest BCUT2D eigenvalue weighted by Gasteiger charge is 2.18. The lowest BCUT2D eigenvalue weighted by atomic mass is 10.2. The lowest BCUT2D eigenvalue weighted by Gasteiger charge is -2.05. The summed E-state index contributed by atoms with van der Waals surface area (Å²) >= 11 is 10.1. The SMILES string of the molecule is COc1ccc(CNS(=O)(=O)c2cc(Cl)c(Br)s2)cc1. The monoisotopic (exact) mass is 395 g/mol. The summed E-state index contributed by atoms with van der Waals surface area (Å²) in [6.07, 6.45) is 0. The van der Waals surface area contributed by atoms with Gasteiger partial charge < -0.3 is 4.74 Å². The number of rotatable bonds is 5. The van der Waals surface area contributed by atoms with E-state index in [4.69, 9.17) is 16.3 Å². The van der Waals surface area contributed by atoms with Crippen molar-refractivity contribution in [1.29, 1.82) is 0 Å². The van der Waals surface area contributed by atoms with Gasteiger partial charge >= 0.3 is 0 Å². The van der Waals surface area contributed by atoms with Crippen molar-refractivity contribution in [1.82, 2.24) is 4.72 Å². The summed E-state index contributed by atoms with van der Waals surface area (Å²) in [5, 5.41) is 0.389. The van der Waals surface area contributed by atoms with Crippen LogP contribution in [0.25, 0.3) is 0 Å². The van der Waals surface area contributed by atoms with Crippen LogP contribution in [-0.4, -0.2) is 15.5 Å². The van der Waals surface area contributed by atoms with Crippen molar-refractivity contribution in [3.63, 3.8) is 0 Å². The number of hydrogen-bond donors (Lipinski definition) is 1. The number of sulfonamides is 1. The molecule has 108 valence electrons. The molecule has 4 nitrogen and oxygen atoms in total. The molecule has 0 radical (unpaired) electrons. The number of ether oxygens (including phenoxy) is 1. The number of benzene rings is 1. The summed E-state index contributed by atoms with van der Waals surface area (Å²) in [6, 6.07) is 8.59. The van der Waals surface area contributed by atoms with E-state index in [1.165, 1.54) is 6.07 Å². The Morgan fingerprint density at radius 3 is 2.50 bits per heavy atom. The summed E-state index contributed by atoms with van der Waals surface area (Å²) in [7, 11) is -1.97. The van der Waals surface area contributed by atoms with Crippen LogP contribution in [0.1, 0.15) is 5.56 Å². The molecule has 20 heavy (non-hydrogen) atoms. The second-order valence-electron chi connectivity index (χ2n) is 3.86. The van der Waals surface area contributed by atoms with Crippen LogP contribution in [0, 0.1) is 0 Å². The molecular formula is C12H11BrClNO3S2. The molecule has 0 atom stereocenters. The van der Waals surface area contributed by atoms with Gasteiger partial charge in [0, 0.05) is 6.54 Å². The summed E-state index contributed by atoms with van der Waals surface area (Å²) in [6.45, 7) is 0.208. The smallest absolute Gasteiger partial charge is 0.250 e. The fraction of sp³-hybridized carbons (Fsp3) is 0.167. The molecule has 0 unspecified atom stereocenters. The first-order valence-corrected chi connectivity index (χ1v) is 8.97. The van der Waals surface area contributed by atoms with Crippen molar-refractivity contribution in [3.05, 3.63) is 44.7 Å². The van der Waals surface area contributed by atoms with Crippen molar-refractivity contribution in [2.24, 2.45) is 0 Å². The predicted molar refractivity (Wildman–Crippen MR) is 84.0 cm³/mol. The van der Waals surface area contributed by atoms with E-state index in [0.29, 0.717) is 8.81 Å². The molecule has 0 aliphatic carbocycles. The Balaban J connectivity index is 2.08. The first-order chi connectivity index (χ1) is 9.42. The predicted octanol–water partition coefficient (Wildman–Crippen LogP) is 3.65. The summed E-state index contributed by atoms with van der Waals surface area (Å²) in [5.41, 5.74) is 0.844. The average molecular weight is 397 g/mol. The Kier molecular flexibility index (Phi) is 5.09. The van der Waals surface area contributed by atoms with Crippen molar-refractivity contribution in [2.75, 3.05) is 7.11 Å². The molecule has 0 bridgehead atoms. The van der Waals surface area contributed by atoms with Gasteiger partial charge in [-0.1, -0.05) is 23.7 Å². The fourth-order valence-electron chi connectivity index (χ4n) is 1.45. The highest BCUT2D eigenvalue weighted by atomic mass is 79.9. The van der Waals surface area contributed by atoms with Crippen molar-refractivity contribution in [2.45, 2.75) is 10.8 Å². The first kappa shape index (κ1) is 15.8. The van der Waals surface area contributed by atoms with Crippen molar-refractivity contribution in [3.8, 4) is 5.75 Å². The van der Waals surface area contributed by atoms with Crippen LogP contribution in [0.4, 0.5) is 0 Å². The van der Waals surface area contributed by atoms with E-state index < -0.39 is 10.0 Å². The molecule has 0 spiro atoms. The molecule has 2 rings (SSSR count). The third-order valence-electron chi connectivity index (χ3n) is 2.51. The van der Waals surface area contributed by atoms with E-state index in [1.54, 1.807) is 31.4 Å². The molecule has 1 aromatic carbocycles. The molecule has 1 heterocycles. The summed E-state index contributed by atoms with van der Waals surface area (Å²) < 4.78 is 32.5.